The summed E-state index contributed by atoms with van der Waals surface area (Å²) in [4.78, 5) is 13.1. The Morgan fingerprint density at radius 1 is 1.14 bits per heavy atom. The highest BCUT2D eigenvalue weighted by atomic mass is 16.5. The highest BCUT2D eigenvalue weighted by molar-refractivity contribution is 5.83. The topological polar surface area (TPSA) is 57.3 Å². The lowest BCUT2D eigenvalue weighted by Gasteiger charge is -2.08. The van der Waals surface area contributed by atoms with E-state index in [0.717, 1.165) is 24.1 Å². The number of unbranched alkanes of at least 4 members (excludes halogenated alkanes) is 1. The maximum Gasteiger partial charge on any atom is 0.200 e. The van der Waals surface area contributed by atoms with E-state index in [2.05, 4.69) is 12.0 Å². The fraction of sp³-hybridized carbons (Fsp3) is 0.217. The Kier molecular flexibility index (Phi) is 4.98. The summed E-state index contributed by atoms with van der Waals surface area (Å²) < 4.78 is 13.5. The molecule has 0 N–H and O–H groups in total. The quantitative estimate of drug-likeness (QED) is 0.439. The number of ether oxygens (including phenoxy) is 1. The molecule has 0 unspecified atom stereocenters. The summed E-state index contributed by atoms with van der Waals surface area (Å²) in [6, 6.07) is 15.2. The molecule has 0 radical (unpaired) electrons. The van der Waals surface area contributed by atoms with Gasteiger partial charge in [0.05, 0.1) is 29.4 Å². The van der Waals surface area contributed by atoms with Crippen LogP contribution in [0.4, 0.5) is 0 Å². The molecule has 0 aliphatic heterocycles. The van der Waals surface area contributed by atoms with E-state index in [-0.39, 0.29) is 5.43 Å². The van der Waals surface area contributed by atoms with Crippen molar-refractivity contribution < 1.29 is 9.15 Å². The molecule has 0 aliphatic carbocycles. The van der Waals surface area contributed by atoms with Crippen molar-refractivity contribution in [1.29, 1.82) is 0 Å². The van der Waals surface area contributed by atoms with Crippen molar-refractivity contribution in [2.75, 3.05) is 6.61 Å². The van der Waals surface area contributed by atoms with Crippen LogP contribution >= 0.6 is 0 Å². The maximum atomic E-state index is 13.1. The highest BCUT2D eigenvalue weighted by Crippen LogP contribution is 2.26. The van der Waals surface area contributed by atoms with Gasteiger partial charge in [-0.05, 0) is 37.6 Å². The van der Waals surface area contributed by atoms with Crippen LogP contribution in [-0.4, -0.2) is 16.4 Å². The van der Waals surface area contributed by atoms with Gasteiger partial charge in [-0.1, -0.05) is 31.5 Å². The Balaban J connectivity index is 1.73. The van der Waals surface area contributed by atoms with Gasteiger partial charge >= 0.3 is 0 Å². The number of aryl methyl sites for hydroxylation is 1. The fourth-order valence-corrected chi connectivity index (χ4v) is 3.22. The van der Waals surface area contributed by atoms with Crippen molar-refractivity contribution in [3.8, 4) is 22.6 Å². The van der Waals surface area contributed by atoms with E-state index in [1.807, 2.05) is 42.6 Å². The van der Waals surface area contributed by atoms with E-state index >= 15 is 0 Å². The van der Waals surface area contributed by atoms with E-state index in [1.165, 1.54) is 0 Å². The molecule has 2 aromatic heterocycles. The highest BCUT2D eigenvalue weighted by Gasteiger charge is 2.16. The molecule has 0 bridgehead atoms. The SMILES string of the molecule is CCCCOc1ccc2c(=O)c(-c3cnn(-c4ccccc4)c3)c(C)oc2c1. The van der Waals surface area contributed by atoms with Crippen molar-refractivity contribution in [2.24, 2.45) is 0 Å². The predicted octanol–water partition coefficient (Wildman–Crippen LogP) is 5.13. The van der Waals surface area contributed by atoms with Gasteiger partial charge in [0, 0.05) is 17.8 Å². The number of para-hydroxylation sites is 1. The minimum atomic E-state index is -0.0635. The second kappa shape index (κ2) is 7.72. The number of hydrogen-bond donors (Lipinski definition) is 0. The first-order chi connectivity index (χ1) is 13.7. The molecule has 142 valence electrons. The van der Waals surface area contributed by atoms with Crippen molar-refractivity contribution in [3.63, 3.8) is 0 Å². The third-order valence-electron chi connectivity index (χ3n) is 4.70. The summed E-state index contributed by atoms with van der Waals surface area (Å²) in [7, 11) is 0. The summed E-state index contributed by atoms with van der Waals surface area (Å²) in [5, 5.41) is 4.93. The van der Waals surface area contributed by atoms with Gasteiger partial charge in [0.25, 0.3) is 0 Å². The molecule has 0 spiro atoms. The minimum Gasteiger partial charge on any atom is -0.493 e. The molecule has 28 heavy (non-hydrogen) atoms. The van der Waals surface area contributed by atoms with Gasteiger partial charge in [-0.25, -0.2) is 4.68 Å². The van der Waals surface area contributed by atoms with Gasteiger partial charge < -0.3 is 9.15 Å². The van der Waals surface area contributed by atoms with Crippen LogP contribution in [0.2, 0.25) is 0 Å². The van der Waals surface area contributed by atoms with Crippen LogP contribution in [0.5, 0.6) is 5.75 Å². The maximum absolute atomic E-state index is 13.1. The lowest BCUT2D eigenvalue weighted by molar-refractivity contribution is 0.309. The third kappa shape index (κ3) is 3.43. The molecule has 0 aliphatic rings. The standard InChI is InChI=1S/C23H22N2O3/c1-3-4-12-27-19-10-11-20-21(13-19)28-16(2)22(23(20)26)17-14-24-25(15-17)18-8-6-5-7-9-18/h5-11,13-15H,3-4,12H2,1-2H3. The molecule has 0 saturated carbocycles. The third-order valence-corrected chi connectivity index (χ3v) is 4.70. The first-order valence-electron chi connectivity index (χ1n) is 9.48. The summed E-state index contributed by atoms with van der Waals surface area (Å²) in [6.45, 7) is 4.58. The second-order valence-corrected chi connectivity index (χ2v) is 6.73. The summed E-state index contributed by atoms with van der Waals surface area (Å²) in [5.41, 5.74) is 2.68. The van der Waals surface area contributed by atoms with Crippen LogP contribution in [0.1, 0.15) is 25.5 Å². The van der Waals surface area contributed by atoms with Gasteiger partial charge in [0.15, 0.2) is 0 Å². The van der Waals surface area contributed by atoms with Crippen LogP contribution in [0, 0.1) is 6.92 Å². The lowest BCUT2D eigenvalue weighted by atomic mass is 10.1. The van der Waals surface area contributed by atoms with Crippen molar-refractivity contribution in [2.45, 2.75) is 26.7 Å². The number of fused-ring (bicyclic) bond motifs is 1. The normalized spacial score (nSPS) is 11.1. The molecular weight excluding hydrogens is 352 g/mol. The second-order valence-electron chi connectivity index (χ2n) is 6.73. The summed E-state index contributed by atoms with van der Waals surface area (Å²) in [6.07, 6.45) is 5.61. The Labute approximate surface area is 163 Å². The molecule has 2 aromatic carbocycles. The Morgan fingerprint density at radius 3 is 2.75 bits per heavy atom. The predicted molar refractivity (Wildman–Crippen MR) is 110 cm³/mol. The number of nitrogens with zero attached hydrogens (tertiary/aromatic N) is 2. The number of aromatic nitrogens is 2. The average Bonchev–Trinajstić information content (AvgIpc) is 3.18. The van der Waals surface area contributed by atoms with Crippen LogP contribution in [0.3, 0.4) is 0 Å². The fourth-order valence-electron chi connectivity index (χ4n) is 3.22. The van der Waals surface area contributed by atoms with Gasteiger partial charge in [0.2, 0.25) is 5.43 Å². The van der Waals surface area contributed by atoms with E-state index in [1.54, 1.807) is 29.9 Å². The van der Waals surface area contributed by atoms with Crippen LogP contribution in [0.15, 0.2) is 70.1 Å². The largest absolute Gasteiger partial charge is 0.493 e. The number of benzene rings is 2. The Bertz CT molecular complexity index is 1160. The van der Waals surface area contributed by atoms with E-state index < -0.39 is 0 Å². The van der Waals surface area contributed by atoms with Crippen molar-refractivity contribution in [1.82, 2.24) is 9.78 Å². The van der Waals surface area contributed by atoms with Gasteiger partial charge in [-0.3, -0.25) is 4.79 Å². The molecule has 4 rings (SSSR count). The molecule has 0 amide bonds. The number of hydrogen-bond acceptors (Lipinski definition) is 4. The Hall–Kier alpha value is -3.34. The van der Waals surface area contributed by atoms with Gasteiger partial charge in [0.1, 0.15) is 17.1 Å². The first-order valence-corrected chi connectivity index (χ1v) is 9.48. The molecule has 5 nitrogen and oxygen atoms in total. The van der Waals surface area contributed by atoms with Crippen molar-refractivity contribution >= 4 is 11.0 Å². The van der Waals surface area contributed by atoms with E-state index in [4.69, 9.17) is 9.15 Å². The smallest absolute Gasteiger partial charge is 0.200 e. The first kappa shape index (κ1) is 18.0. The Morgan fingerprint density at radius 2 is 1.96 bits per heavy atom. The van der Waals surface area contributed by atoms with E-state index in [0.29, 0.717) is 34.6 Å². The van der Waals surface area contributed by atoms with E-state index in [9.17, 15) is 4.79 Å². The van der Waals surface area contributed by atoms with Crippen LogP contribution in [0.25, 0.3) is 27.8 Å². The van der Waals surface area contributed by atoms with Gasteiger partial charge in [-0.2, -0.15) is 5.10 Å². The molecule has 0 saturated heterocycles. The molecule has 5 heteroatoms. The molecular formula is C23H22N2O3. The lowest BCUT2D eigenvalue weighted by Crippen LogP contribution is -2.07. The average molecular weight is 374 g/mol. The zero-order chi connectivity index (χ0) is 19.5. The molecule has 0 atom stereocenters. The van der Waals surface area contributed by atoms with Gasteiger partial charge in [-0.15, -0.1) is 0 Å². The molecule has 4 aromatic rings. The molecule has 2 heterocycles. The monoisotopic (exact) mass is 374 g/mol. The minimum absolute atomic E-state index is 0.0635. The summed E-state index contributed by atoms with van der Waals surface area (Å²) >= 11 is 0. The van der Waals surface area contributed by atoms with Crippen molar-refractivity contribution in [3.05, 3.63) is 76.9 Å². The number of rotatable bonds is 6. The zero-order valence-corrected chi connectivity index (χ0v) is 16.0. The zero-order valence-electron chi connectivity index (χ0n) is 16.0. The molecule has 0 fully saturated rings. The summed E-state index contributed by atoms with van der Waals surface area (Å²) in [5.74, 6) is 1.28. The van der Waals surface area contributed by atoms with Crippen LogP contribution < -0.4 is 10.2 Å². The van der Waals surface area contributed by atoms with Crippen LogP contribution in [-0.2, 0) is 0 Å².